The first kappa shape index (κ1) is 31.4. The summed E-state index contributed by atoms with van der Waals surface area (Å²) in [5, 5.41) is 3.63. The number of ether oxygens (including phenoxy) is 2. The number of pyridine rings is 1. The molecular weight excluding hydrogens is 580 g/mol. The molecule has 1 aromatic heterocycles. The van der Waals surface area contributed by atoms with Crippen molar-refractivity contribution in [2.45, 2.75) is 44.9 Å². The maximum atomic E-state index is 13.1. The zero-order valence-corrected chi connectivity index (χ0v) is 26.3. The van der Waals surface area contributed by atoms with Gasteiger partial charge in [0.15, 0.2) is 0 Å². The third kappa shape index (κ3) is 7.03. The van der Waals surface area contributed by atoms with E-state index in [4.69, 9.17) is 31.8 Å². The highest BCUT2D eigenvalue weighted by Gasteiger charge is 2.37. The van der Waals surface area contributed by atoms with E-state index in [9.17, 15) is 9.59 Å². The van der Waals surface area contributed by atoms with Crippen LogP contribution in [0.4, 0.5) is 9.59 Å². The molecule has 1 aromatic carbocycles. The molecule has 2 aliphatic carbocycles. The van der Waals surface area contributed by atoms with E-state index >= 15 is 0 Å². The Bertz CT molecular complexity index is 1450. The Balaban J connectivity index is 1.55. The van der Waals surface area contributed by atoms with Crippen molar-refractivity contribution in [3.05, 3.63) is 88.6 Å². The first-order chi connectivity index (χ1) is 21.2. The number of carbonyl (C=O) groups is 2. The minimum Gasteiger partial charge on any atom is -0.449 e. The summed E-state index contributed by atoms with van der Waals surface area (Å²) < 4.78 is 11.1. The van der Waals surface area contributed by atoms with Gasteiger partial charge in [0.2, 0.25) is 0 Å². The Morgan fingerprint density at radius 1 is 1.23 bits per heavy atom. The molecule has 2 fully saturated rings. The fourth-order valence-electron chi connectivity index (χ4n) is 5.61. The number of fused-ring (bicyclic) bond motifs is 2. The first-order valence-corrected chi connectivity index (χ1v) is 15.4. The summed E-state index contributed by atoms with van der Waals surface area (Å²) in [5.41, 5.74) is 11.2. The average molecular weight is 621 g/mol. The maximum absolute atomic E-state index is 13.1. The lowest BCUT2D eigenvalue weighted by molar-refractivity contribution is 0.0619. The van der Waals surface area contributed by atoms with E-state index in [-0.39, 0.29) is 24.2 Å². The van der Waals surface area contributed by atoms with Crippen LogP contribution in [0.25, 0.3) is 11.6 Å². The second-order valence-corrected chi connectivity index (χ2v) is 12.2. The van der Waals surface area contributed by atoms with Crippen molar-refractivity contribution < 1.29 is 19.1 Å². The molecule has 3 N–H and O–H groups in total. The smallest absolute Gasteiger partial charge is 0.409 e. The summed E-state index contributed by atoms with van der Waals surface area (Å²) in [6.07, 6.45) is 7.78. The SMILES string of the molecule is C=CN(C)/C(=C\N)[C@H](NC(=O)OC1CC1)C1=Cc2cccnc2[C@@H](N2CCN(C(=O)OCC(C)C)CC2)c2ccc(Cl)cc21. The van der Waals surface area contributed by atoms with Crippen LogP contribution in [0, 0.1) is 5.92 Å². The largest absolute Gasteiger partial charge is 0.449 e. The number of hydrogen-bond acceptors (Lipinski definition) is 8. The number of benzene rings is 1. The van der Waals surface area contributed by atoms with Gasteiger partial charge in [-0.3, -0.25) is 9.88 Å². The normalized spacial score (nSPS) is 19.2. The number of alkyl carbamates (subject to hydrolysis) is 1. The molecule has 0 radical (unpaired) electrons. The van der Waals surface area contributed by atoms with Gasteiger partial charge in [0.1, 0.15) is 6.10 Å². The monoisotopic (exact) mass is 620 g/mol. The van der Waals surface area contributed by atoms with E-state index in [0.717, 1.165) is 40.8 Å². The zero-order chi connectivity index (χ0) is 31.4. The molecule has 2 atom stereocenters. The number of nitrogens with zero attached hydrogens (tertiary/aromatic N) is 4. The van der Waals surface area contributed by atoms with Crippen molar-refractivity contribution in [3.63, 3.8) is 0 Å². The van der Waals surface area contributed by atoms with Crippen molar-refractivity contribution in [1.29, 1.82) is 0 Å². The molecule has 234 valence electrons. The number of halogens is 1. The minimum atomic E-state index is -0.689. The van der Waals surface area contributed by atoms with E-state index in [1.165, 1.54) is 6.20 Å². The third-order valence-corrected chi connectivity index (χ3v) is 8.29. The van der Waals surface area contributed by atoms with Crippen molar-refractivity contribution in [1.82, 2.24) is 25.0 Å². The van der Waals surface area contributed by atoms with E-state index in [1.54, 1.807) is 22.2 Å². The average Bonchev–Trinajstić information content (AvgIpc) is 3.85. The summed E-state index contributed by atoms with van der Waals surface area (Å²) in [7, 11) is 1.83. The highest BCUT2D eigenvalue weighted by Crippen LogP contribution is 2.42. The lowest BCUT2D eigenvalue weighted by Gasteiger charge is -2.39. The van der Waals surface area contributed by atoms with Gasteiger partial charge in [-0.15, -0.1) is 0 Å². The molecule has 11 heteroatoms. The number of aromatic nitrogens is 1. The zero-order valence-electron chi connectivity index (χ0n) is 25.5. The van der Waals surface area contributed by atoms with Gasteiger partial charge in [-0.25, -0.2) is 9.59 Å². The Kier molecular flexibility index (Phi) is 9.80. The van der Waals surface area contributed by atoms with E-state index in [0.29, 0.717) is 43.5 Å². The number of rotatable bonds is 9. The number of carbonyl (C=O) groups excluding carboxylic acids is 2. The Labute approximate surface area is 264 Å². The fraction of sp³-hybridized carbons (Fsp3) is 0.424. The molecule has 2 aromatic rings. The lowest BCUT2D eigenvalue weighted by atomic mass is 9.89. The molecule has 2 heterocycles. The van der Waals surface area contributed by atoms with Crippen LogP contribution in [-0.2, 0) is 9.47 Å². The van der Waals surface area contributed by atoms with Gasteiger partial charge in [0, 0.05) is 50.6 Å². The third-order valence-electron chi connectivity index (χ3n) is 8.06. The number of piperazine rings is 1. The molecule has 1 saturated carbocycles. The molecule has 0 bridgehead atoms. The van der Waals surface area contributed by atoms with Crippen LogP contribution in [-0.4, -0.2) is 83.8 Å². The van der Waals surface area contributed by atoms with Crippen LogP contribution in [0.2, 0.25) is 5.02 Å². The van der Waals surface area contributed by atoms with Crippen molar-refractivity contribution in [2.24, 2.45) is 11.7 Å². The van der Waals surface area contributed by atoms with Crippen molar-refractivity contribution in [3.8, 4) is 0 Å². The predicted molar refractivity (Wildman–Crippen MR) is 171 cm³/mol. The molecule has 0 unspecified atom stereocenters. The molecular formula is C33H41ClN6O4. The van der Waals surface area contributed by atoms with Crippen molar-refractivity contribution >= 4 is 35.4 Å². The van der Waals surface area contributed by atoms with Gasteiger partial charge in [-0.2, -0.15) is 0 Å². The van der Waals surface area contributed by atoms with Crippen molar-refractivity contribution in [2.75, 3.05) is 39.8 Å². The van der Waals surface area contributed by atoms with E-state index in [1.807, 2.05) is 57.3 Å². The Morgan fingerprint density at radius 3 is 2.64 bits per heavy atom. The summed E-state index contributed by atoms with van der Waals surface area (Å²) in [6.45, 7) is 10.6. The van der Waals surface area contributed by atoms with Crippen LogP contribution in [0.15, 0.2) is 61.2 Å². The standard InChI is InChI=1S/C33H41ClN6O4/c1-5-38(4)28(19-35)30(37-32(41)44-24-9-10-24)27-17-22-7-6-12-36-29(22)31(25-11-8-23(34)18-26(25)27)39-13-15-40(16-14-39)33(42)43-20-21(2)3/h5-8,11-12,17-19,21,24,30-31H,1,9-10,13-16,20,35H2,2-4H3,(H,37,41)/b28-19-/t30-,31+/m1/s1. The van der Waals surface area contributed by atoms with E-state index < -0.39 is 12.1 Å². The second-order valence-electron chi connectivity index (χ2n) is 11.8. The van der Waals surface area contributed by atoms with Crippen LogP contribution in [0.3, 0.4) is 0 Å². The Hall–Kier alpha value is -4.02. The minimum absolute atomic E-state index is 0.0708. The number of nitrogens with two attached hydrogens (primary N) is 1. The summed E-state index contributed by atoms with van der Waals surface area (Å²) >= 11 is 6.64. The molecule has 1 saturated heterocycles. The summed E-state index contributed by atoms with van der Waals surface area (Å²) in [4.78, 5) is 36.6. The van der Waals surface area contributed by atoms with Gasteiger partial charge < -0.3 is 30.3 Å². The highest BCUT2D eigenvalue weighted by atomic mass is 35.5. The predicted octanol–water partition coefficient (Wildman–Crippen LogP) is 5.22. The first-order valence-electron chi connectivity index (χ1n) is 15.1. The summed E-state index contributed by atoms with van der Waals surface area (Å²) in [5.74, 6) is 0.272. The highest BCUT2D eigenvalue weighted by molar-refractivity contribution is 6.30. The van der Waals surface area contributed by atoms with Crippen LogP contribution in [0.5, 0.6) is 0 Å². The van der Waals surface area contributed by atoms with Gasteiger partial charge in [0.25, 0.3) is 0 Å². The number of hydrogen-bond donors (Lipinski definition) is 2. The van der Waals surface area contributed by atoms with Crippen LogP contribution < -0.4 is 11.1 Å². The topological polar surface area (TPSA) is 113 Å². The Morgan fingerprint density at radius 2 is 1.98 bits per heavy atom. The fourth-order valence-corrected chi connectivity index (χ4v) is 5.79. The van der Waals surface area contributed by atoms with Gasteiger partial charge in [-0.1, -0.05) is 44.2 Å². The molecule has 3 aliphatic rings. The molecule has 10 nitrogen and oxygen atoms in total. The van der Waals surface area contributed by atoms with Gasteiger partial charge in [-0.05, 0) is 71.5 Å². The summed E-state index contributed by atoms with van der Waals surface area (Å²) in [6, 6.07) is 8.81. The quantitative estimate of drug-likeness (QED) is 0.392. The lowest BCUT2D eigenvalue weighted by Crippen LogP contribution is -2.50. The van der Waals surface area contributed by atoms with Gasteiger partial charge in [0.05, 0.1) is 30.1 Å². The van der Waals surface area contributed by atoms with Crippen LogP contribution in [0.1, 0.15) is 55.1 Å². The number of amides is 2. The van der Waals surface area contributed by atoms with Gasteiger partial charge >= 0.3 is 12.2 Å². The van der Waals surface area contributed by atoms with E-state index in [2.05, 4.69) is 16.8 Å². The number of nitrogens with one attached hydrogen (secondary N) is 1. The molecule has 5 rings (SSSR count). The second kappa shape index (κ2) is 13.7. The number of likely N-dealkylation sites (N-methyl/N-ethyl adjacent to an activating group) is 1. The van der Waals surface area contributed by atoms with Crippen LogP contribution >= 0.6 is 11.6 Å². The molecule has 0 spiro atoms. The molecule has 1 aliphatic heterocycles. The maximum Gasteiger partial charge on any atom is 0.409 e. The molecule has 44 heavy (non-hydrogen) atoms. The molecule has 2 amide bonds.